The molecule has 5 nitrogen and oxygen atoms in total. The number of rotatable bonds is 1. The van der Waals surface area contributed by atoms with Crippen molar-refractivity contribution in [3.8, 4) is 5.88 Å². The van der Waals surface area contributed by atoms with Gasteiger partial charge in [0.2, 0.25) is 5.88 Å². The highest BCUT2D eigenvalue weighted by Crippen LogP contribution is 2.29. The van der Waals surface area contributed by atoms with Gasteiger partial charge in [-0.15, -0.1) is 0 Å². The highest BCUT2D eigenvalue weighted by atomic mass is 19.3. The lowest BCUT2D eigenvalue weighted by atomic mass is 10.3. The molecule has 0 aromatic carbocycles. The first-order valence-corrected chi connectivity index (χ1v) is 3.79. The maximum absolute atomic E-state index is 12.8. The molecule has 0 radical (unpaired) electrons. The van der Waals surface area contributed by atoms with E-state index in [0.29, 0.717) is 0 Å². The summed E-state index contributed by atoms with van der Waals surface area (Å²) in [5.41, 5.74) is -0.194. The van der Waals surface area contributed by atoms with Gasteiger partial charge in [-0.2, -0.15) is 5.10 Å². The quantitative estimate of drug-likeness (QED) is 0.727. The predicted molar refractivity (Wildman–Crippen MR) is 39.6 cm³/mol. The number of aromatic carboxylic acids is 1. The summed E-state index contributed by atoms with van der Waals surface area (Å²) >= 11 is 0. The van der Waals surface area contributed by atoms with Gasteiger partial charge in [0, 0.05) is 0 Å². The predicted octanol–water partition coefficient (Wildman–Crippen LogP) is 0.609. The topological polar surface area (TPSA) is 64.3 Å². The third kappa shape index (κ3) is 1.30. The zero-order chi connectivity index (χ0) is 10.3. The minimum atomic E-state index is -2.99. The molecule has 0 unspecified atom stereocenters. The van der Waals surface area contributed by atoms with Gasteiger partial charge >= 0.3 is 11.9 Å². The standard InChI is InChI=1S/C7H6F2N2O3/c8-7(9)2-11-5(14-3-7)4(1-10-11)6(12)13/h1H,2-3H2,(H,12,13). The van der Waals surface area contributed by atoms with Gasteiger partial charge in [0.25, 0.3) is 0 Å². The van der Waals surface area contributed by atoms with Gasteiger partial charge in [0.15, 0.2) is 6.61 Å². The van der Waals surface area contributed by atoms with E-state index in [1.807, 2.05) is 0 Å². The molecule has 2 rings (SSSR count). The van der Waals surface area contributed by atoms with Crippen molar-refractivity contribution in [2.45, 2.75) is 12.5 Å². The summed E-state index contributed by atoms with van der Waals surface area (Å²) in [6, 6.07) is 0. The Morgan fingerprint density at radius 3 is 3.07 bits per heavy atom. The van der Waals surface area contributed by atoms with E-state index >= 15 is 0 Å². The molecular formula is C7H6F2N2O3. The summed E-state index contributed by atoms with van der Waals surface area (Å²) in [7, 11) is 0. The van der Waals surface area contributed by atoms with Crippen LogP contribution in [0.25, 0.3) is 0 Å². The molecule has 0 aliphatic carbocycles. The number of nitrogens with zero attached hydrogens (tertiary/aromatic N) is 2. The maximum Gasteiger partial charge on any atom is 0.342 e. The van der Waals surface area contributed by atoms with Crippen LogP contribution in [0.3, 0.4) is 0 Å². The Kier molecular flexibility index (Phi) is 1.70. The summed E-state index contributed by atoms with van der Waals surface area (Å²) in [6.07, 6.45) is 0.999. The van der Waals surface area contributed by atoms with Gasteiger partial charge in [0.05, 0.1) is 6.20 Å². The monoisotopic (exact) mass is 204 g/mol. The van der Waals surface area contributed by atoms with Crippen molar-refractivity contribution in [3.05, 3.63) is 11.8 Å². The second-order valence-electron chi connectivity index (χ2n) is 2.97. The van der Waals surface area contributed by atoms with Crippen molar-refractivity contribution < 1.29 is 23.4 Å². The highest BCUT2D eigenvalue weighted by molar-refractivity contribution is 5.90. The van der Waals surface area contributed by atoms with Gasteiger partial charge in [-0.05, 0) is 0 Å². The van der Waals surface area contributed by atoms with E-state index in [0.717, 1.165) is 10.9 Å². The van der Waals surface area contributed by atoms with Gasteiger partial charge in [-0.1, -0.05) is 0 Å². The zero-order valence-electron chi connectivity index (χ0n) is 6.91. The van der Waals surface area contributed by atoms with Crippen molar-refractivity contribution in [3.63, 3.8) is 0 Å². The van der Waals surface area contributed by atoms with E-state index in [9.17, 15) is 13.6 Å². The van der Waals surface area contributed by atoms with Crippen molar-refractivity contribution in [1.82, 2.24) is 9.78 Å². The van der Waals surface area contributed by atoms with Crippen LogP contribution >= 0.6 is 0 Å². The minimum Gasteiger partial charge on any atom is -0.477 e. The molecule has 14 heavy (non-hydrogen) atoms. The van der Waals surface area contributed by atoms with Crippen LogP contribution in [0, 0.1) is 0 Å². The smallest absolute Gasteiger partial charge is 0.342 e. The fraction of sp³-hybridized carbons (Fsp3) is 0.429. The lowest BCUT2D eigenvalue weighted by molar-refractivity contribution is -0.0798. The first-order valence-electron chi connectivity index (χ1n) is 3.79. The van der Waals surface area contributed by atoms with Crippen LogP contribution in [-0.4, -0.2) is 33.4 Å². The molecule has 1 aromatic heterocycles. The average molecular weight is 204 g/mol. The molecule has 0 atom stereocenters. The van der Waals surface area contributed by atoms with Gasteiger partial charge in [0.1, 0.15) is 12.1 Å². The number of carboxylic acids is 1. The summed E-state index contributed by atoms with van der Waals surface area (Å²) < 4.78 is 31.0. The van der Waals surface area contributed by atoms with Gasteiger partial charge in [-0.3, -0.25) is 0 Å². The van der Waals surface area contributed by atoms with Crippen molar-refractivity contribution in [2.24, 2.45) is 0 Å². The summed E-state index contributed by atoms with van der Waals surface area (Å²) in [5, 5.41) is 12.1. The van der Waals surface area contributed by atoms with Crippen LogP contribution in [0.15, 0.2) is 6.20 Å². The van der Waals surface area contributed by atoms with E-state index in [1.54, 1.807) is 0 Å². The number of alkyl halides is 2. The molecule has 1 aliphatic rings. The lowest BCUT2D eigenvalue weighted by Crippen LogP contribution is -2.36. The molecular weight excluding hydrogens is 198 g/mol. The molecule has 2 heterocycles. The number of fused-ring (bicyclic) bond motifs is 1. The van der Waals surface area contributed by atoms with Gasteiger partial charge < -0.3 is 9.84 Å². The number of carboxylic acid groups (broad SMARTS) is 1. The number of carbonyl (C=O) groups is 1. The Balaban J connectivity index is 2.39. The number of ether oxygens (including phenoxy) is 1. The minimum absolute atomic E-state index is 0.108. The molecule has 0 saturated carbocycles. The first-order chi connectivity index (χ1) is 6.49. The van der Waals surface area contributed by atoms with Crippen LogP contribution in [-0.2, 0) is 6.54 Å². The van der Waals surface area contributed by atoms with E-state index in [2.05, 4.69) is 9.84 Å². The summed E-state index contributed by atoms with van der Waals surface area (Å²) in [5.74, 6) is -4.34. The Morgan fingerprint density at radius 1 is 1.71 bits per heavy atom. The molecule has 1 aromatic rings. The Bertz CT molecular complexity index is 388. The number of hydrogen-bond acceptors (Lipinski definition) is 3. The highest BCUT2D eigenvalue weighted by Gasteiger charge is 2.38. The molecule has 0 amide bonds. The fourth-order valence-electron chi connectivity index (χ4n) is 1.22. The van der Waals surface area contributed by atoms with Gasteiger partial charge in [-0.25, -0.2) is 18.3 Å². The maximum atomic E-state index is 12.8. The molecule has 0 fully saturated rings. The first kappa shape index (κ1) is 8.92. The van der Waals surface area contributed by atoms with E-state index in [4.69, 9.17) is 5.11 Å². The van der Waals surface area contributed by atoms with Crippen LogP contribution < -0.4 is 4.74 Å². The Hall–Kier alpha value is -1.66. The zero-order valence-corrected chi connectivity index (χ0v) is 6.91. The second kappa shape index (κ2) is 2.66. The third-order valence-corrected chi connectivity index (χ3v) is 1.82. The molecule has 1 aliphatic heterocycles. The van der Waals surface area contributed by atoms with Crippen LogP contribution in [0.2, 0.25) is 0 Å². The molecule has 7 heteroatoms. The number of halogens is 2. The van der Waals surface area contributed by atoms with Crippen LogP contribution in [0.1, 0.15) is 10.4 Å². The molecule has 0 bridgehead atoms. The Morgan fingerprint density at radius 2 is 2.43 bits per heavy atom. The third-order valence-electron chi connectivity index (χ3n) is 1.82. The van der Waals surface area contributed by atoms with Crippen LogP contribution in [0.4, 0.5) is 8.78 Å². The number of aromatic nitrogens is 2. The van der Waals surface area contributed by atoms with E-state index in [1.165, 1.54) is 0 Å². The van der Waals surface area contributed by atoms with E-state index < -0.39 is 25.0 Å². The van der Waals surface area contributed by atoms with Crippen molar-refractivity contribution in [1.29, 1.82) is 0 Å². The SMILES string of the molecule is O=C(O)c1cnn2c1OCC(F)(F)C2. The summed E-state index contributed by atoms with van der Waals surface area (Å²) in [4.78, 5) is 10.6. The summed E-state index contributed by atoms with van der Waals surface area (Å²) in [6.45, 7) is -1.45. The van der Waals surface area contributed by atoms with E-state index in [-0.39, 0.29) is 11.4 Å². The fourth-order valence-corrected chi connectivity index (χ4v) is 1.22. The molecule has 1 N–H and O–H groups in total. The number of hydrogen-bond donors (Lipinski definition) is 1. The normalized spacial score (nSPS) is 18.4. The van der Waals surface area contributed by atoms with Crippen LogP contribution in [0.5, 0.6) is 5.88 Å². The molecule has 0 saturated heterocycles. The van der Waals surface area contributed by atoms with Crippen molar-refractivity contribution in [2.75, 3.05) is 6.61 Å². The Labute approximate surface area is 76.9 Å². The molecule has 76 valence electrons. The molecule has 0 spiro atoms. The average Bonchev–Trinajstić information content (AvgIpc) is 2.44. The lowest BCUT2D eigenvalue weighted by Gasteiger charge is -2.23. The van der Waals surface area contributed by atoms with Crippen molar-refractivity contribution >= 4 is 5.97 Å². The largest absolute Gasteiger partial charge is 0.477 e. The second-order valence-corrected chi connectivity index (χ2v) is 2.97.